The van der Waals surface area contributed by atoms with Gasteiger partial charge in [0.1, 0.15) is 0 Å². The number of rotatable bonds is 3. The highest BCUT2D eigenvalue weighted by Gasteiger charge is 1.97. The number of hydrogen-bond donors (Lipinski definition) is 0. The van der Waals surface area contributed by atoms with Crippen LogP contribution in [-0.4, -0.2) is 5.91 Å². The van der Waals surface area contributed by atoms with E-state index in [0.717, 1.165) is 5.56 Å². The summed E-state index contributed by atoms with van der Waals surface area (Å²) in [4.78, 5) is 10.3. The van der Waals surface area contributed by atoms with E-state index in [0.29, 0.717) is 11.4 Å². The molecule has 0 atom stereocenters. The van der Waals surface area contributed by atoms with Crippen molar-refractivity contribution in [2.24, 2.45) is 0 Å². The lowest BCUT2D eigenvalue weighted by Gasteiger charge is -1.97. The maximum atomic E-state index is 10.3. The molecular weight excluding hydrogens is 174 g/mol. The van der Waals surface area contributed by atoms with E-state index in [4.69, 9.17) is 17.3 Å². The van der Waals surface area contributed by atoms with Crippen LogP contribution in [0.4, 0.5) is 0 Å². The fourth-order valence-electron chi connectivity index (χ4n) is 0.909. The Labute approximate surface area is 76.3 Å². The molecule has 2 nitrogen and oxygen atoms in total. The Kier molecular flexibility index (Phi) is 3.11. The normalized spacial score (nSPS) is 9.75. The van der Waals surface area contributed by atoms with E-state index < -0.39 is 5.91 Å². The van der Waals surface area contributed by atoms with Gasteiger partial charge in [-0.05, 0) is 24.1 Å². The molecule has 0 saturated heterocycles. The molecule has 63 valence electrons. The van der Waals surface area contributed by atoms with Crippen molar-refractivity contribution in [1.82, 2.24) is 5.73 Å². The molecule has 0 aliphatic carbocycles. The van der Waals surface area contributed by atoms with Gasteiger partial charge in [0.05, 0.1) is 0 Å². The van der Waals surface area contributed by atoms with Crippen molar-refractivity contribution in [3.63, 3.8) is 0 Å². The zero-order chi connectivity index (χ0) is 8.97. The Morgan fingerprint density at radius 1 is 1.33 bits per heavy atom. The van der Waals surface area contributed by atoms with Crippen molar-refractivity contribution >= 4 is 17.5 Å². The van der Waals surface area contributed by atoms with Crippen LogP contribution < -0.4 is 5.73 Å². The maximum Gasteiger partial charge on any atom is 0.238 e. The van der Waals surface area contributed by atoms with Crippen molar-refractivity contribution in [2.45, 2.75) is 12.8 Å². The Balaban J connectivity index is 2.53. The number of carbonyl (C=O) groups is 1. The Morgan fingerprint density at radius 2 is 1.92 bits per heavy atom. The zero-order valence-electron chi connectivity index (χ0n) is 6.51. The molecule has 1 aromatic carbocycles. The summed E-state index contributed by atoms with van der Waals surface area (Å²) in [6.07, 6.45) is 0.904. The fraction of sp³-hybridized carbons (Fsp3) is 0.222. The summed E-state index contributed by atoms with van der Waals surface area (Å²) >= 11 is 5.67. The van der Waals surface area contributed by atoms with Crippen molar-refractivity contribution < 1.29 is 4.79 Å². The van der Waals surface area contributed by atoms with E-state index in [9.17, 15) is 4.79 Å². The second-order valence-corrected chi connectivity index (χ2v) is 2.99. The molecule has 1 N–H and O–H groups in total. The van der Waals surface area contributed by atoms with Gasteiger partial charge in [0.25, 0.3) is 0 Å². The van der Waals surface area contributed by atoms with Crippen LogP contribution in [0.2, 0.25) is 5.02 Å². The Morgan fingerprint density at radius 3 is 2.42 bits per heavy atom. The number of benzene rings is 1. The first-order valence-corrected chi connectivity index (χ1v) is 4.05. The minimum absolute atomic E-state index is 0.279. The zero-order valence-corrected chi connectivity index (χ0v) is 7.27. The van der Waals surface area contributed by atoms with Crippen LogP contribution in [-0.2, 0) is 11.2 Å². The van der Waals surface area contributed by atoms with E-state index in [-0.39, 0.29) is 6.42 Å². The summed E-state index contributed by atoms with van der Waals surface area (Å²) in [5, 5.41) is 0.691. The van der Waals surface area contributed by atoms with Crippen LogP contribution >= 0.6 is 11.6 Å². The SMILES string of the molecule is [NH]C(=O)CCc1ccc(Cl)cc1. The largest absolute Gasteiger partial charge is 0.273 e. The number of amides is 1. The maximum absolute atomic E-state index is 10.3. The van der Waals surface area contributed by atoms with Gasteiger partial charge in [-0.2, -0.15) is 0 Å². The lowest BCUT2D eigenvalue weighted by molar-refractivity contribution is -0.118. The van der Waals surface area contributed by atoms with Gasteiger partial charge in [-0.1, -0.05) is 23.7 Å². The molecule has 0 heterocycles. The average Bonchev–Trinajstić information content (AvgIpc) is 2.03. The number of carbonyl (C=O) groups excluding carboxylic acids is 1. The summed E-state index contributed by atoms with van der Waals surface area (Å²) in [5.74, 6) is -0.523. The summed E-state index contributed by atoms with van der Waals surface area (Å²) < 4.78 is 0. The van der Waals surface area contributed by atoms with Crippen LogP contribution in [0, 0.1) is 0 Å². The smallest absolute Gasteiger partial charge is 0.238 e. The second-order valence-electron chi connectivity index (χ2n) is 2.55. The van der Waals surface area contributed by atoms with Crippen LogP contribution in [0.5, 0.6) is 0 Å². The monoisotopic (exact) mass is 182 g/mol. The number of hydrogen-bond acceptors (Lipinski definition) is 1. The fourth-order valence-corrected chi connectivity index (χ4v) is 1.03. The van der Waals surface area contributed by atoms with Gasteiger partial charge in [0.2, 0.25) is 5.91 Å². The molecule has 3 heteroatoms. The number of nitrogens with one attached hydrogen (secondary N) is 1. The van der Waals surface area contributed by atoms with Gasteiger partial charge in [-0.15, -0.1) is 0 Å². The molecule has 0 fully saturated rings. The lowest BCUT2D eigenvalue weighted by Crippen LogP contribution is -1.99. The molecule has 12 heavy (non-hydrogen) atoms. The van der Waals surface area contributed by atoms with Gasteiger partial charge in [0.15, 0.2) is 0 Å². The molecule has 1 amide bonds. The molecule has 0 bridgehead atoms. The third kappa shape index (κ3) is 2.93. The first-order valence-electron chi connectivity index (χ1n) is 3.67. The van der Waals surface area contributed by atoms with Gasteiger partial charge in [-0.25, -0.2) is 0 Å². The summed E-state index contributed by atoms with van der Waals surface area (Å²) in [7, 11) is 0. The van der Waals surface area contributed by atoms with Gasteiger partial charge in [0, 0.05) is 11.4 Å². The first kappa shape index (κ1) is 9.07. The molecule has 1 aromatic rings. The predicted molar refractivity (Wildman–Crippen MR) is 47.9 cm³/mol. The van der Waals surface area contributed by atoms with Crippen LogP contribution in [0.3, 0.4) is 0 Å². The second kappa shape index (κ2) is 4.12. The quantitative estimate of drug-likeness (QED) is 0.706. The molecule has 0 unspecified atom stereocenters. The van der Waals surface area contributed by atoms with Gasteiger partial charge >= 0.3 is 0 Å². The summed E-state index contributed by atoms with van der Waals surface area (Å²) in [5.41, 5.74) is 7.75. The summed E-state index contributed by atoms with van der Waals surface area (Å²) in [6.45, 7) is 0. The number of aryl methyl sites for hydroxylation is 1. The third-order valence-electron chi connectivity index (χ3n) is 1.55. The molecule has 0 aromatic heterocycles. The molecule has 0 aliphatic rings. The summed E-state index contributed by atoms with van der Waals surface area (Å²) in [6, 6.07) is 7.30. The van der Waals surface area contributed by atoms with Crippen molar-refractivity contribution in [3.05, 3.63) is 34.9 Å². The predicted octanol–water partition coefficient (Wildman–Crippen LogP) is 2.08. The Hall–Kier alpha value is -1.02. The topological polar surface area (TPSA) is 40.9 Å². The molecule has 1 rings (SSSR count). The van der Waals surface area contributed by atoms with E-state index in [1.54, 1.807) is 12.1 Å². The first-order chi connectivity index (χ1) is 5.68. The highest BCUT2D eigenvalue weighted by Crippen LogP contribution is 2.10. The lowest BCUT2D eigenvalue weighted by atomic mass is 10.1. The third-order valence-corrected chi connectivity index (χ3v) is 1.81. The van der Waals surface area contributed by atoms with Gasteiger partial charge in [-0.3, -0.25) is 10.5 Å². The minimum Gasteiger partial charge on any atom is -0.273 e. The molecular formula is C9H9ClNO. The molecule has 1 radical (unpaired) electrons. The van der Waals surface area contributed by atoms with E-state index >= 15 is 0 Å². The average molecular weight is 183 g/mol. The highest BCUT2D eigenvalue weighted by molar-refractivity contribution is 6.30. The van der Waals surface area contributed by atoms with Crippen molar-refractivity contribution in [3.8, 4) is 0 Å². The highest BCUT2D eigenvalue weighted by atomic mass is 35.5. The van der Waals surface area contributed by atoms with Crippen LogP contribution in [0.15, 0.2) is 24.3 Å². The molecule has 0 saturated carbocycles. The van der Waals surface area contributed by atoms with Crippen LogP contribution in [0.1, 0.15) is 12.0 Å². The van der Waals surface area contributed by atoms with Crippen LogP contribution in [0.25, 0.3) is 0 Å². The number of halogens is 1. The minimum atomic E-state index is -0.523. The molecule has 0 spiro atoms. The van der Waals surface area contributed by atoms with Crippen molar-refractivity contribution in [1.29, 1.82) is 0 Å². The van der Waals surface area contributed by atoms with E-state index in [2.05, 4.69) is 0 Å². The van der Waals surface area contributed by atoms with Crippen molar-refractivity contribution in [2.75, 3.05) is 0 Å². The standard InChI is InChI=1S/C9H9ClNO/c10-8-4-1-7(2-5-8)3-6-9(11)12/h1-2,4-5,11H,3,6H2. The Bertz CT molecular complexity index is 268. The van der Waals surface area contributed by atoms with E-state index in [1.165, 1.54) is 0 Å². The van der Waals surface area contributed by atoms with Gasteiger partial charge < -0.3 is 0 Å². The molecule has 0 aliphatic heterocycles. The van der Waals surface area contributed by atoms with E-state index in [1.807, 2.05) is 12.1 Å².